The molecule has 0 spiro atoms. The molecule has 4 nitrogen and oxygen atoms in total. The van der Waals surface area contributed by atoms with Gasteiger partial charge in [0.15, 0.2) is 17.5 Å². The summed E-state index contributed by atoms with van der Waals surface area (Å²) in [6, 6.07) is 70.6. The van der Waals surface area contributed by atoms with Crippen molar-refractivity contribution in [2.75, 3.05) is 0 Å². The van der Waals surface area contributed by atoms with Crippen LogP contribution in [0.1, 0.15) is 0 Å². The molecule has 0 unspecified atom stereocenters. The Morgan fingerprint density at radius 3 is 1.54 bits per heavy atom. The van der Waals surface area contributed by atoms with E-state index >= 15 is 0 Å². The number of furan rings is 1. The molecule has 2 aromatic heterocycles. The zero-order valence-electron chi connectivity index (χ0n) is 31.8. The molecule has 0 saturated heterocycles. The minimum Gasteiger partial charge on any atom is -0.455 e. The van der Waals surface area contributed by atoms with Gasteiger partial charge in [-0.15, -0.1) is 0 Å². The lowest BCUT2D eigenvalue weighted by Gasteiger charge is -2.16. The van der Waals surface area contributed by atoms with Crippen LogP contribution >= 0.6 is 0 Å². The maximum atomic E-state index is 6.43. The second kappa shape index (κ2) is 13.3. The first kappa shape index (κ1) is 33.2. The minimum absolute atomic E-state index is 0.566. The number of para-hydroxylation sites is 2. The summed E-state index contributed by atoms with van der Waals surface area (Å²) in [4.78, 5) is 15.2. The van der Waals surface area contributed by atoms with Crippen LogP contribution in [-0.2, 0) is 0 Å². The van der Waals surface area contributed by atoms with Crippen LogP contribution in [-0.4, -0.2) is 15.0 Å². The van der Waals surface area contributed by atoms with Crippen molar-refractivity contribution in [2.45, 2.75) is 0 Å². The third-order valence-electron chi connectivity index (χ3n) is 11.7. The molecule has 0 aliphatic heterocycles. The van der Waals surface area contributed by atoms with E-state index < -0.39 is 0 Å². The predicted octanol–water partition coefficient (Wildman–Crippen LogP) is 14.7. The first-order valence-corrected chi connectivity index (χ1v) is 19.9. The highest BCUT2D eigenvalue weighted by Gasteiger charge is 2.19. The van der Waals surface area contributed by atoms with Crippen molar-refractivity contribution in [1.29, 1.82) is 0 Å². The number of nitrogens with zero attached hydrogens (tertiary/aromatic N) is 3. The van der Waals surface area contributed by atoms with Crippen LogP contribution in [0.5, 0.6) is 0 Å². The number of hydrogen-bond acceptors (Lipinski definition) is 4. The van der Waals surface area contributed by atoms with E-state index in [4.69, 9.17) is 19.4 Å². The van der Waals surface area contributed by atoms with Gasteiger partial charge in [-0.2, -0.15) is 0 Å². The summed E-state index contributed by atoms with van der Waals surface area (Å²) in [7, 11) is 0. The molecule has 0 bridgehead atoms. The number of aromatic nitrogens is 3. The molecule has 0 radical (unpaired) electrons. The molecule has 12 rings (SSSR count). The summed E-state index contributed by atoms with van der Waals surface area (Å²) in [5.41, 5.74) is 8.84. The highest BCUT2D eigenvalue weighted by Crippen LogP contribution is 2.43. The smallest absolute Gasteiger partial charge is 0.167 e. The van der Waals surface area contributed by atoms with Crippen LogP contribution in [0.25, 0.3) is 121 Å². The lowest BCUT2D eigenvalue weighted by molar-refractivity contribution is 0.669. The molecule has 274 valence electrons. The molecule has 0 amide bonds. The lowest BCUT2D eigenvalue weighted by Crippen LogP contribution is -2.00. The van der Waals surface area contributed by atoms with Crippen LogP contribution in [0.2, 0.25) is 0 Å². The molecule has 0 aliphatic carbocycles. The summed E-state index contributed by atoms with van der Waals surface area (Å²) in [5.74, 6) is 1.77. The van der Waals surface area contributed by atoms with Gasteiger partial charge in [0.1, 0.15) is 11.2 Å². The fourth-order valence-electron chi connectivity index (χ4n) is 8.95. The first-order valence-electron chi connectivity index (χ1n) is 19.9. The fraction of sp³-hybridized carbons (Fsp3) is 0. The molecule has 4 heteroatoms. The van der Waals surface area contributed by atoms with Gasteiger partial charge in [-0.3, -0.25) is 0 Å². The van der Waals surface area contributed by atoms with Gasteiger partial charge < -0.3 is 4.42 Å². The zero-order chi connectivity index (χ0) is 38.9. The van der Waals surface area contributed by atoms with Crippen LogP contribution in [0.15, 0.2) is 205 Å². The normalized spacial score (nSPS) is 11.7. The molecule has 59 heavy (non-hydrogen) atoms. The molecule has 0 fully saturated rings. The van der Waals surface area contributed by atoms with E-state index in [0.717, 1.165) is 49.8 Å². The van der Waals surface area contributed by atoms with Gasteiger partial charge in [0.25, 0.3) is 0 Å². The third-order valence-corrected chi connectivity index (χ3v) is 11.7. The van der Waals surface area contributed by atoms with Crippen LogP contribution < -0.4 is 0 Å². The second-order valence-corrected chi connectivity index (χ2v) is 15.1. The molecule has 0 saturated carbocycles. The Balaban J connectivity index is 0.974. The van der Waals surface area contributed by atoms with E-state index in [-0.39, 0.29) is 0 Å². The van der Waals surface area contributed by atoms with Gasteiger partial charge in [0.2, 0.25) is 0 Å². The van der Waals surface area contributed by atoms with Crippen molar-refractivity contribution >= 4 is 65.0 Å². The maximum absolute atomic E-state index is 6.43. The Hall–Kier alpha value is -7.95. The Kier molecular flexibility index (Phi) is 7.50. The van der Waals surface area contributed by atoms with E-state index in [1.165, 1.54) is 54.2 Å². The Bertz CT molecular complexity index is 3610. The number of hydrogen-bond donors (Lipinski definition) is 0. The number of fused-ring (bicyclic) bond motifs is 11. The maximum Gasteiger partial charge on any atom is 0.167 e. The van der Waals surface area contributed by atoms with Gasteiger partial charge in [0, 0.05) is 21.9 Å². The van der Waals surface area contributed by atoms with Crippen molar-refractivity contribution in [3.8, 4) is 56.4 Å². The predicted molar refractivity (Wildman–Crippen MR) is 244 cm³/mol. The summed E-state index contributed by atoms with van der Waals surface area (Å²) in [6.45, 7) is 0. The van der Waals surface area contributed by atoms with Gasteiger partial charge in [-0.05, 0) is 89.6 Å². The van der Waals surface area contributed by atoms with Crippen molar-refractivity contribution in [3.63, 3.8) is 0 Å². The number of benzene rings is 10. The summed E-state index contributed by atoms with van der Waals surface area (Å²) >= 11 is 0. The molecule has 0 aliphatic rings. The Morgan fingerprint density at radius 2 is 0.780 bits per heavy atom. The monoisotopic (exact) mass is 751 g/mol. The third kappa shape index (κ3) is 5.42. The second-order valence-electron chi connectivity index (χ2n) is 15.1. The van der Waals surface area contributed by atoms with Crippen LogP contribution in [0.4, 0.5) is 0 Å². The molecule has 0 atom stereocenters. The Morgan fingerprint density at radius 1 is 0.271 bits per heavy atom. The summed E-state index contributed by atoms with van der Waals surface area (Å²) in [6.07, 6.45) is 0. The van der Waals surface area contributed by atoms with Crippen LogP contribution in [0, 0.1) is 0 Å². The molecule has 10 aromatic carbocycles. The highest BCUT2D eigenvalue weighted by atomic mass is 16.3. The van der Waals surface area contributed by atoms with Gasteiger partial charge >= 0.3 is 0 Å². The molecule has 2 heterocycles. The average molecular weight is 752 g/mol. The quantitative estimate of drug-likeness (QED) is 0.164. The van der Waals surface area contributed by atoms with Crippen LogP contribution in [0.3, 0.4) is 0 Å². The van der Waals surface area contributed by atoms with Gasteiger partial charge in [0.05, 0.1) is 5.56 Å². The zero-order valence-corrected chi connectivity index (χ0v) is 31.8. The van der Waals surface area contributed by atoms with E-state index in [1.807, 2.05) is 60.7 Å². The first-order chi connectivity index (χ1) is 29.2. The van der Waals surface area contributed by atoms with E-state index in [1.54, 1.807) is 0 Å². The SMILES string of the molecule is c1ccc(-c2nc(-c3cccc(-c4ccc(-c5cc6c7ccccc7c7ccccc7c6c6ccccc56)cc4)c3)nc(-c3cccc4c3oc3ccccc34)n2)cc1. The number of rotatable bonds is 5. The largest absolute Gasteiger partial charge is 0.455 e. The van der Waals surface area contributed by atoms with Gasteiger partial charge in [-0.1, -0.05) is 176 Å². The van der Waals surface area contributed by atoms with Crippen molar-refractivity contribution in [1.82, 2.24) is 15.0 Å². The van der Waals surface area contributed by atoms with Crippen molar-refractivity contribution in [2.24, 2.45) is 0 Å². The minimum atomic E-state index is 0.566. The van der Waals surface area contributed by atoms with E-state index in [2.05, 4.69) is 140 Å². The molecular formula is C55H33N3O. The summed E-state index contributed by atoms with van der Waals surface area (Å²) < 4.78 is 6.43. The van der Waals surface area contributed by atoms with Gasteiger partial charge in [-0.25, -0.2) is 15.0 Å². The molecule has 0 N–H and O–H groups in total. The van der Waals surface area contributed by atoms with E-state index in [9.17, 15) is 0 Å². The van der Waals surface area contributed by atoms with Crippen molar-refractivity contribution < 1.29 is 4.42 Å². The molecule has 12 aromatic rings. The lowest BCUT2D eigenvalue weighted by atomic mass is 9.87. The van der Waals surface area contributed by atoms with E-state index in [0.29, 0.717) is 17.5 Å². The topological polar surface area (TPSA) is 51.8 Å². The standard InChI is InChI=1S/C55H33N3O/c1-2-14-36(15-3-1)53-56-54(58-55(57-53)47-26-13-25-46-43-22-10-11-27-50(43)59-52(46)47)38-17-12-16-37(32-38)34-28-30-35(31-29-34)48-33-49-41-20-5-4-18-39(41)40-19-6-8-23-44(40)51(49)45-24-9-7-21-42(45)48/h1-33H. The highest BCUT2D eigenvalue weighted by molar-refractivity contribution is 6.33. The Labute approximate surface area is 339 Å². The fourth-order valence-corrected chi connectivity index (χ4v) is 8.95. The van der Waals surface area contributed by atoms with Crippen molar-refractivity contribution in [3.05, 3.63) is 200 Å². The molecular weight excluding hydrogens is 719 g/mol. The summed E-state index contributed by atoms with van der Waals surface area (Å²) in [5, 5.41) is 12.3. The average Bonchev–Trinajstić information content (AvgIpc) is 3.70.